The fourth-order valence-corrected chi connectivity index (χ4v) is 1.55. The molecule has 0 heterocycles. The molecule has 0 saturated carbocycles. The first-order chi connectivity index (χ1) is 7.65. The molecule has 2 heteroatoms. The number of ketones is 1. The van der Waals surface area contributed by atoms with Gasteiger partial charge in [0.05, 0.1) is 6.61 Å². The second-order valence-electron chi connectivity index (χ2n) is 4.16. The van der Waals surface area contributed by atoms with Crippen molar-refractivity contribution in [2.75, 3.05) is 6.61 Å². The zero-order chi connectivity index (χ0) is 12.0. The van der Waals surface area contributed by atoms with E-state index in [1.54, 1.807) is 0 Å². The normalized spacial score (nSPS) is 10.5. The topological polar surface area (TPSA) is 26.3 Å². The molecule has 0 unspecified atom stereocenters. The van der Waals surface area contributed by atoms with Crippen molar-refractivity contribution in [3.05, 3.63) is 29.8 Å². The molecule has 0 N–H and O–H groups in total. The lowest BCUT2D eigenvalue weighted by Gasteiger charge is -2.10. The number of carbonyl (C=O) groups excluding carboxylic acids is 1. The number of carbonyl (C=O) groups is 1. The van der Waals surface area contributed by atoms with Crippen LogP contribution in [0.15, 0.2) is 24.3 Å². The summed E-state index contributed by atoms with van der Waals surface area (Å²) in [7, 11) is 0. The predicted octanol–water partition coefficient (Wildman–Crippen LogP) is 3.24. The van der Waals surface area contributed by atoms with Crippen LogP contribution < -0.4 is 4.74 Å². The fourth-order valence-electron chi connectivity index (χ4n) is 1.55. The molecule has 88 valence electrons. The Morgan fingerprint density at radius 2 is 2.00 bits per heavy atom. The number of para-hydroxylation sites is 1. The van der Waals surface area contributed by atoms with Crippen LogP contribution in [-0.4, -0.2) is 12.4 Å². The number of Topliss-reactive ketones (excluding diaryl/α,β-unsaturated/α-hetero) is 1. The molecule has 0 fully saturated rings. The lowest BCUT2D eigenvalue weighted by molar-refractivity contribution is -0.121. The van der Waals surface area contributed by atoms with Crippen LogP contribution in [0.3, 0.4) is 0 Å². The number of ether oxygens (including phenoxy) is 1. The minimum Gasteiger partial charge on any atom is -0.494 e. The molecule has 1 aromatic carbocycles. The van der Waals surface area contributed by atoms with Gasteiger partial charge in [0.1, 0.15) is 11.5 Å². The SMILES string of the molecule is CCOc1ccccc1CCC(=O)C(C)C. The number of benzene rings is 1. The van der Waals surface area contributed by atoms with Gasteiger partial charge in [-0.25, -0.2) is 0 Å². The maximum atomic E-state index is 11.5. The van der Waals surface area contributed by atoms with Crippen LogP contribution in [0.5, 0.6) is 5.75 Å². The van der Waals surface area contributed by atoms with Crippen molar-refractivity contribution in [1.29, 1.82) is 0 Å². The molecule has 0 radical (unpaired) electrons. The smallest absolute Gasteiger partial charge is 0.135 e. The summed E-state index contributed by atoms with van der Waals surface area (Å²) in [6.45, 7) is 6.51. The molecule has 2 nitrogen and oxygen atoms in total. The van der Waals surface area contributed by atoms with E-state index >= 15 is 0 Å². The van der Waals surface area contributed by atoms with Gasteiger partial charge in [-0.1, -0.05) is 32.0 Å². The number of aryl methyl sites for hydroxylation is 1. The summed E-state index contributed by atoms with van der Waals surface area (Å²) in [6.07, 6.45) is 1.37. The summed E-state index contributed by atoms with van der Waals surface area (Å²) in [5, 5.41) is 0. The van der Waals surface area contributed by atoms with Crippen molar-refractivity contribution in [3.8, 4) is 5.75 Å². The Kier molecular flexibility index (Phi) is 5.03. The van der Waals surface area contributed by atoms with E-state index in [0.717, 1.165) is 17.7 Å². The van der Waals surface area contributed by atoms with Gasteiger partial charge in [0.25, 0.3) is 0 Å². The van der Waals surface area contributed by atoms with Gasteiger partial charge in [0.15, 0.2) is 0 Å². The highest BCUT2D eigenvalue weighted by atomic mass is 16.5. The second kappa shape index (κ2) is 6.31. The zero-order valence-electron chi connectivity index (χ0n) is 10.3. The Morgan fingerprint density at radius 1 is 1.31 bits per heavy atom. The van der Waals surface area contributed by atoms with Gasteiger partial charge in [-0.2, -0.15) is 0 Å². The van der Waals surface area contributed by atoms with Crippen LogP contribution in [0.4, 0.5) is 0 Å². The molecule has 0 amide bonds. The minimum absolute atomic E-state index is 0.124. The number of rotatable bonds is 6. The van der Waals surface area contributed by atoms with Crippen molar-refractivity contribution in [1.82, 2.24) is 0 Å². The molecular weight excluding hydrogens is 200 g/mol. The Balaban J connectivity index is 2.62. The van der Waals surface area contributed by atoms with E-state index in [2.05, 4.69) is 0 Å². The third kappa shape index (κ3) is 3.69. The largest absolute Gasteiger partial charge is 0.494 e. The van der Waals surface area contributed by atoms with Gasteiger partial charge in [-0.05, 0) is 25.0 Å². The van der Waals surface area contributed by atoms with Crippen molar-refractivity contribution < 1.29 is 9.53 Å². The highest BCUT2D eigenvalue weighted by Gasteiger charge is 2.09. The summed E-state index contributed by atoms with van der Waals surface area (Å²) in [6, 6.07) is 7.92. The third-order valence-electron chi connectivity index (χ3n) is 2.56. The van der Waals surface area contributed by atoms with E-state index in [-0.39, 0.29) is 5.92 Å². The molecule has 0 aliphatic carbocycles. The maximum absolute atomic E-state index is 11.5. The molecule has 0 bridgehead atoms. The monoisotopic (exact) mass is 220 g/mol. The first-order valence-corrected chi connectivity index (χ1v) is 5.88. The lowest BCUT2D eigenvalue weighted by Crippen LogP contribution is -2.08. The second-order valence-corrected chi connectivity index (χ2v) is 4.16. The van der Waals surface area contributed by atoms with Crippen LogP contribution >= 0.6 is 0 Å². The van der Waals surface area contributed by atoms with E-state index in [4.69, 9.17) is 4.74 Å². The average molecular weight is 220 g/mol. The summed E-state index contributed by atoms with van der Waals surface area (Å²) < 4.78 is 5.52. The number of hydrogen-bond donors (Lipinski definition) is 0. The Morgan fingerprint density at radius 3 is 2.62 bits per heavy atom. The third-order valence-corrected chi connectivity index (χ3v) is 2.56. The van der Waals surface area contributed by atoms with Crippen LogP contribution in [0.25, 0.3) is 0 Å². The molecule has 0 atom stereocenters. The number of hydrogen-bond acceptors (Lipinski definition) is 2. The van der Waals surface area contributed by atoms with Crippen LogP contribution in [0.1, 0.15) is 32.8 Å². The van der Waals surface area contributed by atoms with Crippen molar-refractivity contribution in [2.24, 2.45) is 5.92 Å². The van der Waals surface area contributed by atoms with E-state index in [1.165, 1.54) is 0 Å². The highest BCUT2D eigenvalue weighted by Crippen LogP contribution is 2.20. The fraction of sp³-hybridized carbons (Fsp3) is 0.500. The molecule has 0 aliphatic heterocycles. The Labute approximate surface area is 97.6 Å². The molecule has 0 spiro atoms. The Hall–Kier alpha value is -1.31. The van der Waals surface area contributed by atoms with Gasteiger partial charge >= 0.3 is 0 Å². The quantitative estimate of drug-likeness (QED) is 0.735. The lowest BCUT2D eigenvalue weighted by atomic mass is 10.0. The maximum Gasteiger partial charge on any atom is 0.135 e. The molecule has 0 aliphatic rings. The van der Waals surface area contributed by atoms with Gasteiger partial charge < -0.3 is 4.74 Å². The van der Waals surface area contributed by atoms with Crippen molar-refractivity contribution in [3.63, 3.8) is 0 Å². The summed E-state index contributed by atoms with van der Waals surface area (Å²) in [5.41, 5.74) is 1.12. The molecule has 0 saturated heterocycles. The standard InChI is InChI=1S/C14H20O2/c1-4-16-14-8-6-5-7-12(14)9-10-13(15)11(2)3/h5-8,11H,4,9-10H2,1-3H3. The van der Waals surface area contributed by atoms with E-state index < -0.39 is 0 Å². The summed E-state index contributed by atoms with van der Waals surface area (Å²) >= 11 is 0. The molecule has 0 aromatic heterocycles. The van der Waals surface area contributed by atoms with Gasteiger partial charge in [-0.15, -0.1) is 0 Å². The van der Waals surface area contributed by atoms with Crippen LogP contribution in [0.2, 0.25) is 0 Å². The van der Waals surface area contributed by atoms with Crippen LogP contribution in [0, 0.1) is 5.92 Å². The first-order valence-electron chi connectivity index (χ1n) is 5.88. The average Bonchev–Trinajstić information content (AvgIpc) is 2.27. The Bertz CT molecular complexity index is 342. The molecule has 1 rings (SSSR count). The summed E-state index contributed by atoms with van der Waals surface area (Å²) in [5.74, 6) is 1.34. The highest BCUT2D eigenvalue weighted by molar-refractivity contribution is 5.80. The van der Waals surface area contributed by atoms with E-state index in [9.17, 15) is 4.79 Å². The van der Waals surface area contributed by atoms with Crippen molar-refractivity contribution in [2.45, 2.75) is 33.6 Å². The molecular formula is C14H20O2. The molecule has 16 heavy (non-hydrogen) atoms. The molecule has 1 aromatic rings. The predicted molar refractivity (Wildman–Crippen MR) is 65.8 cm³/mol. The van der Waals surface area contributed by atoms with Gasteiger partial charge in [0, 0.05) is 12.3 Å². The minimum atomic E-state index is 0.124. The first kappa shape index (κ1) is 12.8. The van der Waals surface area contributed by atoms with Gasteiger partial charge in [-0.3, -0.25) is 4.79 Å². The zero-order valence-corrected chi connectivity index (χ0v) is 10.3. The van der Waals surface area contributed by atoms with E-state index in [0.29, 0.717) is 18.8 Å². The van der Waals surface area contributed by atoms with Crippen LogP contribution in [-0.2, 0) is 11.2 Å². The van der Waals surface area contributed by atoms with Gasteiger partial charge in [0.2, 0.25) is 0 Å². The summed E-state index contributed by atoms with van der Waals surface area (Å²) in [4.78, 5) is 11.5. The van der Waals surface area contributed by atoms with E-state index in [1.807, 2.05) is 45.0 Å². The van der Waals surface area contributed by atoms with Crippen molar-refractivity contribution >= 4 is 5.78 Å².